The summed E-state index contributed by atoms with van der Waals surface area (Å²) < 4.78 is 5.77. The molecule has 0 bridgehead atoms. The summed E-state index contributed by atoms with van der Waals surface area (Å²) in [7, 11) is 3.97. The van der Waals surface area contributed by atoms with Crippen LogP contribution in [-0.4, -0.2) is 24.1 Å². The molecule has 0 spiro atoms. The van der Waals surface area contributed by atoms with Crippen molar-refractivity contribution in [3.8, 4) is 11.6 Å². The van der Waals surface area contributed by atoms with E-state index in [9.17, 15) is 0 Å². The molecule has 0 N–H and O–H groups in total. The van der Waals surface area contributed by atoms with Crippen LogP contribution in [-0.2, 0) is 6.42 Å². The Hall–Kier alpha value is -1.81. The zero-order valence-electron chi connectivity index (χ0n) is 11.9. The summed E-state index contributed by atoms with van der Waals surface area (Å²) in [6.45, 7) is 2.07. The average Bonchev–Trinajstić information content (AvgIpc) is 2.38. The van der Waals surface area contributed by atoms with Gasteiger partial charge in [0.05, 0.1) is 0 Å². The van der Waals surface area contributed by atoms with Gasteiger partial charge in [0.25, 0.3) is 0 Å². The Morgan fingerprint density at radius 2 is 2.00 bits per heavy atom. The molecule has 1 heterocycles. The fourth-order valence-electron chi connectivity index (χ4n) is 1.78. The van der Waals surface area contributed by atoms with E-state index in [4.69, 9.17) is 16.3 Å². The van der Waals surface area contributed by atoms with Crippen LogP contribution in [0.15, 0.2) is 30.3 Å². The summed E-state index contributed by atoms with van der Waals surface area (Å²) in [5, 5.41) is 0.405. The lowest BCUT2D eigenvalue weighted by molar-refractivity contribution is 0.458. The number of rotatable bonds is 5. The van der Waals surface area contributed by atoms with Crippen LogP contribution in [0, 0.1) is 0 Å². The first-order valence-electron chi connectivity index (χ1n) is 6.57. The van der Waals surface area contributed by atoms with Gasteiger partial charge in [0.1, 0.15) is 16.7 Å². The van der Waals surface area contributed by atoms with Crippen LogP contribution >= 0.6 is 11.6 Å². The van der Waals surface area contributed by atoms with Crippen LogP contribution in [0.2, 0.25) is 5.15 Å². The quantitative estimate of drug-likeness (QED) is 0.782. The Labute approximate surface area is 124 Å². The van der Waals surface area contributed by atoms with E-state index < -0.39 is 0 Å². The highest BCUT2D eigenvalue weighted by molar-refractivity contribution is 6.29. The molecule has 0 saturated heterocycles. The van der Waals surface area contributed by atoms with Gasteiger partial charge in [0.15, 0.2) is 0 Å². The Kier molecular flexibility index (Phi) is 4.79. The molecule has 20 heavy (non-hydrogen) atoms. The molecular weight excluding hydrogens is 274 g/mol. The van der Waals surface area contributed by atoms with Gasteiger partial charge in [-0.05, 0) is 18.6 Å². The first kappa shape index (κ1) is 14.6. The van der Waals surface area contributed by atoms with E-state index in [2.05, 4.69) is 16.9 Å². The van der Waals surface area contributed by atoms with Crippen LogP contribution in [0.25, 0.3) is 0 Å². The van der Waals surface area contributed by atoms with E-state index in [0.717, 1.165) is 24.3 Å². The van der Waals surface area contributed by atoms with E-state index in [1.165, 1.54) is 0 Å². The van der Waals surface area contributed by atoms with Crippen LogP contribution in [0.5, 0.6) is 11.6 Å². The topological polar surface area (TPSA) is 38.2 Å². The summed E-state index contributed by atoms with van der Waals surface area (Å²) in [5.41, 5.74) is 1.07. The van der Waals surface area contributed by atoms with Crippen LogP contribution in [0.4, 0.5) is 5.69 Å². The molecule has 0 fully saturated rings. The Bertz CT molecular complexity index is 587. The highest BCUT2D eigenvalue weighted by Crippen LogP contribution is 2.25. The molecule has 5 heteroatoms. The molecule has 0 amide bonds. The first-order valence-corrected chi connectivity index (χ1v) is 6.95. The number of anilines is 1. The summed E-state index contributed by atoms with van der Waals surface area (Å²) in [6, 6.07) is 9.43. The van der Waals surface area contributed by atoms with Crippen molar-refractivity contribution in [2.75, 3.05) is 19.0 Å². The van der Waals surface area contributed by atoms with Crippen LogP contribution < -0.4 is 9.64 Å². The van der Waals surface area contributed by atoms with Crippen molar-refractivity contribution in [3.05, 3.63) is 41.3 Å². The van der Waals surface area contributed by atoms with Gasteiger partial charge in [-0.1, -0.05) is 24.6 Å². The SMILES string of the molecule is CCCc1nc(Cl)cc(Oc2cccc(N(C)C)c2)n1. The number of aryl methyl sites for hydroxylation is 1. The third-order valence-electron chi connectivity index (χ3n) is 2.75. The van der Waals surface area contributed by atoms with E-state index in [-0.39, 0.29) is 0 Å². The molecule has 0 radical (unpaired) electrons. The van der Waals surface area contributed by atoms with E-state index in [1.54, 1.807) is 6.07 Å². The van der Waals surface area contributed by atoms with E-state index in [1.807, 2.05) is 43.3 Å². The molecular formula is C15H18ClN3O. The Morgan fingerprint density at radius 3 is 2.70 bits per heavy atom. The summed E-state index contributed by atoms with van der Waals surface area (Å²) >= 11 is 5.99. The first-order chi connectivity index (χ1) is 9.58. The number of aromatic nitrogens is 2. The van der Waals surface area contributed by atoms with Gasteiger partial charge in [0, 0.05) is 38.3 Å². The normalized spacial score (nSPS) is 10.4. The molecule has 2 rings (SSSR count). The maximum atomic E-state index is 5.99. The van der Waals surface area contributed by atoms with Crippen LogP contribution in [0.3, 0.4) is 0 Å². The number of hydrogen-bond donors (Lipinski definition) is 0. The fraction of sp³-hybridized carbons (Fsp3) is 0.333. The average molecular weight is 292 g/mol. The molecule has 1 aromatic carbocycles. The maximum absolute atomic E-state index is 5.99. The number of halogens is 1. The number of ether oxygens (including phenoxy) is 1. The van der Waals surface area contributed by atoms with Crippen molar-refractivity contribution < 1.29 is 4.74 Å². The second kappa shape index (κ2) is 6.57. The minimum absolute atomic E-state index is 0.405. The van der Waals surface area contributed by atoms with Crippen molar-refractivity contribution in [2.24, 2.45) is 0 Å². The molecule has 0 atom stereocenters. The zero-order chi connectivity index (χ0) is 14.5. The van der Waals surface area contributed by atoms with Gasteiger partial charge >= 0.3 is 0 Å². The van der Waals surface area contributed by atoms with Crippen molar-refractivity contribution in [2.45, 2.75) is 19.8 Å². The molecule has 0 aliphatic heterocycles. The van der Waals surface area contributed by atoms with Gasteiger partial charge in [-0.15, -0.1) is 0 Å². The second-order valence-electron chi connectivity index (χ2n) is 4.69. The lowest BCUT2D eigenvalue weighted by Gasteiger charge is -2.13. The van der Waals surface area contributed by atoms with Gasteiger partial charge < -0.3 is 9.64 Å². The summed E-state index contributed by atoms with van der Waals surface area (Å²) in [5.74, 6) is 1.91. The maximum Gasteiger partial charge on any atom is 0.224 e. The number of nitrogens with zero attached hydrogens (tertiary/aromatic N) is 3. The number of hydrogen-bond acceptors (Lipinski definition) is 4. The second-order valence-corrected chi connectivity index (χ2v) is 5.08. The molecule has 0 aliphatic rings. The lowest BCUT2D eigenvalue weighted by atomic mass is 10.3. The molecule has 0 aliphatic carbocycles. The Balaban J connectivity index is 2.23. The van der Waals surface area contributed by atoms with E-state index >= 15 is 0 Å². The fourth-order valence-corrected chi connectivity index (χ4v) is 1.97. The van der Waals surface area contributed by atoms with Gasteiger partial charge in [-0.25, -0.2) is 4.98 Å². The molecule has 106 valence electrons. The van der Waals surface area contributed by atoms with Crippen molar-refractivity contribution in [1.82, 2.24) is 9.97 Å². The number of benzene rings is 1. The molecule has 1 aromatic heterocycles. The van der Waals surface area contributed by atoms with E-state index in [0.29, 0.717) is 16.9 Å². The molecule has 0 unspecified atom stereocenters. The minimum atomic E-state index is 0.405. The minimum Gasteiger partial charge on any atom is -0.439 e. The van der Waals surface area contributed by atoms with Crippen molar-refractivity contribution in [1.29, 1.82) is 0 Å². The van der Waals surface area contributed by atoms with Crippen molar-refractivity contribution in [3.63, 3.8) is 0 Å². The third-order valence-corrected chi connectivity index (χ3v) is 2.94. The van der Waals surface area contributed by atoms with Gasteiger partial charge in [-0.2, -0.15) is 4.98 Å². The summed E-state index contributed by atoms with van der Waals surface area (Å²) in [4.78, 5) is 10.6. The zero-order valence-corrected chi connectivity index (χ0v) is 12.7. The monoisotopic (exact) mass is 291 g/mol. The predicted octanol–water partition coefficient (Wildman–Crippen LogP) is 3.94. The Morgan fingerprint density at radius 1 is 1.20 bits per heavy atom. The molecule has 0 saturated carbocycles. The standard InChI is InChI=1S/C15H18ClN3O/c1-4-6-14-17-13(16)10-15(18-14)20-12-8-5-7-11(9-12)19(2)3/h5,7-10H,4,6H2,1-3H3. The van der Waals surface area contributed by atoms with Gasteiger partial charge in [0.2, 0.25) is 5.88 Å². The largest absolute Gasteiger partial charge is 0.439 e. The van der Waals surface area contributed by atoms with Gasteiger partial charge in [-0.3, -0.25) is 0 Å². The smallest absolute Gasteiger partial charge is 0.224 e. The highest BCUT2D eigenvalue weighted by Gasteiger charge is 2.06. The lowest BCUT2D eigenvalue weighted by Crippen LogP contribution is -2.08. The molecule has 4 nitrogen and oxygen atoms in total. The van der Waals surface area contributed by atoms with Crippen LogP contribution in [0.1, 0.15) is 19.2 Å². The predicted molar refractivity (Wildman–Crippen MR) is 81.9 cm³/mol. The van der Waals surface area contributed by atoms with Crippen molar-refractivity contribution >= 4 is 17.3 Å². The third kappa shape index (κ3) is 3.84. The summed E-state index contributed by atoms with van der Waals surface area (Å²) in [6.07, 6.45) is 1.75. The highest BCUT2D eigenvalue weighted by atomic mass is 35.5. The molecule has 2 aromatic rings.